The number of Topliss-reactive ketones (excluding diaryl/α,β-unsaturated/α-hetero) is 1. The number of sulfonamides is 1. The highest BCUT2D eigenvalue weighted by atomic mass is 32.2. The second-order valence-corrected chi connectivity index (χ2v) is 8.90. The third-order valence-electron chi connectivity index (χ3n) is 4.56. The third-order valence-corrected chi connectivity index (χ3v) is 5.27. The number of fused-ring (bicyclic) bond motifs is 1. The van der Waals surface area contributed by atoms with Gasteiger partial charge >= 0.3 is 0 Å². The number of carbonyl (C=O) groups excluding carboxylic acids is 2. The first-order chi connectivity index (χ1) is 14.7. The molecule has 2 heterocycles. The maximum atomic E-state index is 12.5. The predicted molar refractivity (Wildman–Crippen MR) is 116 cm³/mol. The molecular weight excluding hydrogens is 422 g/mol. The fourth-order valence-corrected chi connectivity index (χ4v) is 3.79. The van der Waals surface area contributed by atoms with E-state index in [9.17, 15) is 18.0 Å². The summed E-state index contributed by atoms with van der Waals surface area (Å²) in [5, 5.41) is 11.0. The second-order valence-electron chi connectivity index (χ2n) is 7.12. The first kappa shape index (κ1) is 22.4. The Morgan fingerprint density at radius 1 is 1.29 bits per heavy atom. The number of aromatic nitrogens is 4. The molecule has 4 N–H and O–H groups in total. The molecule has 0 saturated heterocycles. The van der Waals surface area contributed by atoms with Crippen molar-refractivity contribution in [1.29, 1.82) is 0 Å². The smallest absolute Gasteiger partial charge is 0.251 e. The molecule has 0 spiro atoms. The van der Waals surface area contributed by atoms with Gasteiger partial charge in [-0.15, -0.1) is 0 Å². The molecule has 0 aliphatic carbocycles. The minimum Gasteiger partial charge on any atom is -0.356 e. The molecule has 1 unspecified atom stereocenters. The Morgan fingerprint density at radius 2 is 2.10 bits per heavy atom. The number of imidazole rings is 1. The van der Waals surface area contributed by atoms with E-state index in [1.54, 1.807) is 30.7 Å². The zero-order valence-corrected chi connectivity index (χ0v) is 18.1. The fraction of sp³-hybridized carbons (Fsp3) is 0.368. The average Bonchev–Trinajstić information content (AvgIpc) is 3.36. The van der Waals surface area contributed by atoms with Crippen LogP contribution in [0.4, 0.5) is 5.95 Å². The van der Waals surface area contributed by atoms with E-state index < -0.39 is 22.0 Å². The summed E-state index contributed by atoms with van der Waals surface area (Å²) in [7, 11) is -3.57. The normalized spacial score (nSPS) is 12.6. The topological polar surface area (TPSA) is 151 Å². The number of nitrogens with one attached hydrogen (secondary N) is 4. The van der Waals surface area contributed by atoms with Crippen LogP contribution in [0.25, 0.3) is 10.9 Å². The van der Waals surface area contributed by atoms with Gasteiger partial charge in [-0.05, 0) is 31.5 Å². The zero-order valence-electron chi connectivity index (χ0n) is 17.3. The van der Waals surface area contributed by atoms with E-state index in [0.29, 0.717) is 12.1 Å². The molecule has 166 valence electrons. The molecule has 3 rings (SSSR count). The van der Waals surface area contributed by atoms with Crippen LogP contribution in [0.2, 0.25) is 0 Å². The minimum absolute atomic E-state index is 0.138. The van der Waals surface area contributed by atoms with Crippen molar-refractivity contribution in [1.82, 2.24) is 29.8 Å². The van der Waals surface area contributed by atoms with E-state index in [4.69, 9.17) is 0 Å². The van der Waals surface area contributed by atoms with Gasteiger partial charge in [0.05, 0.1) is 24.0 Å². The molecule has 0 aliphatic heterocycles. The summed E-state index contributed by atoms with van der Waals surface area (Å²) in [6, 6.07) is 4.18. The van der Waals surface area contributed by atoms with E-state index in [2.05, 4.69) is 30.4 Å². The van der Waals surface area contributed by atoms with Crippen molar-refractivity contribution in [2.24, 2.45) is 0 Å². The van der Waals surface area contributed by atoms with Gasteiger partial charge in [0.25, 0.3) is 5.91 Å². The van der Waals surface area contributed by atoms with Gasteiger partial charge in [-0.3, -0.25) is 14.3 Å². The number of hydrogen-bond acceptors (Lipinski definition) is 7. The Hall–Kier alpha value is -3.25. The Kier molecular flexibility index (Phi) is 7.02. The molecule has 2 aromatic heterocycles. The van der Waals surface area contributed by atoms with Crippen molar-refractivity contribution < 1.29 is 18.0 Å². The van der Waals surface area contributed by atoms with E-state index in [1.165, 1.54) is 6.92 Å². The van der Waals surface area contributed by atoms with E-state index in [0.717, 1.165) is 36.1 Å². The fourth-order valence-electron chi connectivity index (χ4n) is 3.03. The number of amides is 1. The van der Waals surface area contributed by atoms with Gasteiger partial charge < -0.3 is 15.6 Å². The maximum Gasteiger partial charge on any atom is 0.251 e. The number of benzene rings is 1. The Bertz CT molecular complexity index is 1160. The third kappa shape index (κ3) is 6.36. The quantitative estimate of drug-likeness (QED) is 0.312. The molecule has 31 heavy (non-hydrogen) atoms. The molecule has 1 atom stereocenters. The van der Waals surface area contributed by atoms with Crippen molar-refractivity contribution in [3.8, 4) is 0 Å². The predicted octanol–water partition coefficient (Wildman–Crippen LogP) is 0.498. The van der Waals surface area contributed by atoms with Crippen LogP contribution >= 0.6 is 0 Å². The van der Waals surface area contributed by atoms with Gasteiger partial charge in [0, 0.05) is 43.0 Å². The van der Waals surface area contributed by atoms with E-state index in [-0.39, 0.29) is 12.3 Å². The number of hydrogen-bond donors (Lipinski definition) is 4. The lowest BCUT2D eigenvalue weighted by Gasteiger charge is -2.15. The van der Waals surface area contributed by atoms with Gasteiger partial charge in [-0.25, -0.2) is 18.1 Å². The minimum atomic E-state index is -3.57. The number of ketones is 1. The SMILES string of the molecule is CC(=O)C(CNC(=O)c1ccc2c(cnn2CCCNc2ncc[nH]2)c1)NS(C)(=O)=O. The number of H-pyrrole nitrogens is 1. The van der Waals surface area contributed by atoms with Gasteiger partial charge in [0.1, 0.15) is 5.78 Å². The number of rotatable bonds is 11. The average molecular weight is 448 g/mol. The monoisotopic (exact) mass is 447 g/mol. The van der Waals surface area contributed by atoms with E-state index >= 15 is 0 Å². The highest BCUT2D eigenvalue weighted by molar-refractivity contribution is 7.88. The zero-order chi connectivity index (χ0) is 22.4. The van der Waals surface area contributed by atoms with Crippen molar-refractivity contribution in [2.75, 3.05) is 24.7 Å². The van der Waals surface area contributed by atoms with Gasteiger partial charge in [-0.1, -0.05) is 0 Å². The van der Waals surface area contributed by atoms with Gasteiger partial charge in [0.15, 0.2) is 5.95 Å². The summed E-state index contributed by atoms with van der Waals surface area (Å²) < 4.78 is 26.8. The number of aryl methyl sites for hydroxylation is 1. The highest BCUT2D eigenvalue weighted by Crippen LogP contribution is 2.16. The standard InChI is InChI=1S/C19H25N7O4S/c1-13(27)16(25-31(2,29)30)12-23-18(28)14-4-5-17-15(10-14)11-24-26(17)9-3-6-20-19-21-7-8-22-19/h4-5,7-8,10-11,16,25H,3,6,9,12H2,1-2H3,(H,23,28)(H2,20,21,22). The molecule has 0 bridgehead atoms. The van der Waals surface area contributed by atoms with Crippen LogP contribution in [0.1, 0.15) is 23.7 Å². The molecule has 12 heteroatoms. The molecule has 0 saturated carbocycles. The highest BCUT2D eigenvalue weighted by Gasteiger charge is 2.20. The molecule has 1 amide bonds. The number of carbonyl (C=O) groups is 2. The maximum absolute atomic E-state index is 12.5. The van der Waals surface area contributed by atoms with Crippen LogP contribution in [0, 0.1) is 0 Å². The summed E-state index contributed by atoms with van der Waals surface area (Å²) >= 11 is 0. The van der Waals surface area contributed by atoms with E-state index in [1.807, 2.05) is 10.7 Å². The summed E-state index contributed by atoms with van der Waals surface area (Å²) in [5.74, 6) is -0.0671. The molecular formula is C19H25N7O4S. The molecule has 0 radical (unpaired) electrons. The Labute approximate surface area is 179 Å². The first-order valence-electron chi connectivity index (χ1n) is 9.68. The summed E-state index contributed by atoms with van der Waals surface area (Å²) in [6.07, 6.45) is 6.91. The van der Waals surface area contributed by atoms with Crippen LogP contribution in [-0.2, 0) is 21.4 Å². The van der Waals surface area contributed by atoms with Gasteiger partial charge in [-0.2, -0.15) is 5.10 Å². The lowest BCUT2D eigenvalue weighted by molar-refractivity contribution is -0.118. The van der Waals surface area contributed by atoms with Crippen molar-refractivity contribution in [2.45, 2.75) is 25.9 Å². The van der Waals surface area contributed by atoms with Crippen molar-refractivity contribution >= 4 is 38.6 Å². The molecule has 1 aromatic carbocycles. The van der Waals surface area contributed by atoms with Crippen LogP contribution < -0.4 is 15.4 Å². The van der Waals surface area contributed by atoms with Crippen LogP contribution in [0.15, 0.2) is 36.8 Å². The van der Waals surface area contributed by atoms with Crippen molar-refractivity contribution in [3.63, 3.8) is 0 Å². The Morgan fingerprint density at radius 3 is 2.77 bits per heavy atom. The lowest BCUT2D eigenvalue weighted by atomic mass is 10.1. The molecule has 0 fully saturated rings. The molecule has 3 aromatic rings. The van der Waals surface area contributed by atoms with Crippen LogP contribution in [0.5, 0.6) is 0 Å². The molecule has 11 nitrogen and oxygen atoms in total. The second kappa shape index (κ2) is 9.71. The van der Waals surface area contributed by atoms with Gasteiger partial charge in [0.2, 0.25) is 10.0 Å². The first-order valence-corrected chi connectivity index (χ1v) is 11.6. The Balaban J connectivity index is 1.58. The lowest BCUT2D eigenvalue weighted by Crippen LogP contribution is -2.47. The van der Waals surface area contributed by atoms with Crippen LogP contribution in [-0.4, -0.2) is 65.2 Å². The number of anilines is 1. The summed E-state index contributed by atoms with van der Waals surface area (Å²) in [5.41, 5.74) is 1.29. The largest absolute Gasteiger partial charge is 0.356 e. The summed E-state index contributed by atoms with van der Waals surface area (Å²) in [4.78, 5) is 31.2. The van der Waals surface area contributed by atoms with Crippen molar-refractivity contribution in [3.05, 3.63) is 42.4 Å². The van der Waals surface area contributed by atoms with Crippen LogP contribution in [0.3, 0.4) is 0 Å². The summed E-state index contributed by atoms with van der Waals surface area (Å²) in [6.45, 7) is 2.55. The molecule has 0 aliphatic rings. The number of aromatic amines is 1. The number of nitrogens with zero attached hydrogens (tertiary/aromatic N) is 3.